The number of pyridine rings is 2. The van der Waals surface area contributed by atoms with E-state index in [0.717, 1.165) is 130 Å². The Kier molecular flexibility index (Phi) is 31.8. The third-order valence-corrected chi connectivity index (χ3v) is 22.5. The Bertz CT molecular complexity index is 6410. The van der Waals surface area contributed by atoms with Crippen LogP contribution in [0.1, 0.15) is 70.7 Å². The van der Waals surface area contributed by atoms with Gasteiger partial charge in [0.25, 0.3) is 11.6 Å². The number of thiocarbonyl (C=S) groups is 1. The minimum Gasteiger partial charge on any atom is -0.497 e. The molecule has 6 aromatic heterocycles. The average Bonchev–Trinajstić information content (AvgIpc) is 1.63. The largest absolute Gasteiger partial charge is 0.497 e. The van der Waals surface area contributed by atoms with Gasteiger partial charge in [0.2, 0.25) is 18.4 Å². The number of para-hydroxylation sites is 2. The average molecular weight is 1790 g/mol. The number of hydrogen-bond donors (Lipinski definition) is 6. The number of rotatable bonds is 23. The molecule has 0 saturated carbocycles. The Balaban J connectivity index is 0.000000135. The highest BCUT2D eigenvalue weighted by molar-refractivity contribution is 8.03. The number of hydrazone groups is 1. The van der Waals surface area contributed by atoms with Crippen molar-refractivity contribution >= 4 is 155 Å². The number of hydrogen-bond acceptors (Lipinski definition) is 28. The van der Waals surface area contributed by atoms with Crippen LogP contribution in [0, 0.1) is 28.9 Å². The molecule has 0 radical (unpaired) electrons. The lowest BCUT2D eigenvalue weighted by Crippen LogP contribution is -2.34. The van der Waals surface area contributed by atoms with Gasteiger partial charge in [-0.25, -0.2) is 44.9 Å². The van der Waals surface area contributed by atoms with Crippen LogP contribution in [0.15, 0.2) is 263 Å². The number of aliphatic imine (C=N–C) groups is 2. The zero-order valence-electron chi connectivity index (χ0n) is 72.3. The predicted molar refractivity (Wildman–Crippen MR) is 516 cm³/mol. The number of anilines is 4. The van der Waals surface area contributed by atoms with Gasteiger partial charge >= 0.3 is 11.7 Å². The van der Waals surface area contributed by atoms with E-state index in [9.17, 15) is 24.6 Å². The van der Waals surface area contributed by atoms with E-state index in [4.69, 9.17) is 52.7 Å². The van der Waals surface area contributed by atoms with Crippen molar-refractivity contribution in [1.82, 2.24) is 60.0 Å². The van der Waals surface area contributed by atoms with Crippen molar-refractivity contribution in [2.45, 2.75) is 71.6 Å². The predicted octanol–water partition coefficient (Wildman–Crippen LogP) is 17.0. The van der Waals surface area contributed by atoms with Gasteiger partial charge in [-0.1, -0.05) is 114 Å². The summed E-state index contributed by atoms with van der Waals surface area (Å²) in [6.45, 7) is 9.34. The molecule has 4 aliphatic heterocycles. The quantitative estimate of drug-likeness (QED) is 0.00659. The monoisotopic (exact) mass is 1790 g/mol. The second kappa shape index (κ2) is 44.7. The Labute approximate surface area is 759 Å². The second-order valence-corrected chi connectivity index (χ2v) is 32.2. The number of aromatic nitrogens is 8. The number of aryl methyl sites for hydroxylation is 2. The summed E-state index contributed by atoms with van der Waals surface area (Å²) in [5.74, 6) is 3.85. The van der Waals surface area contributed by atoms with Crippen LogP contribution in [-0.4, -0.2) is 161 Å². The van der Waals surface area contributed by atoms with Gasteiger partial charge in [0, 0.05) is 126 Å². The summed E-state index contributed by atoms with van der Waals surface area (Å²) in [5.41, 5.74) is 27.3. The summed E-state index contributed by atoms with van der Waals surface area (Å²) in [6, 6.07) is 66.4. The second-order valence-electron chi connectivity index (χ2n) is 29.9. The Hall–Kier alpha value is -15.0. The van der Waals surface area contributed by atoms with Gasteiger partial charge < -0.3 is 60.7 Å². The van der Waals surface area contributed by atoms with Crippen LogP contribution in [0.3, 0.4) is 0 Å². The summed E-state index contributed by atoms with van der Waals surface area (Å²) in [4.78, 5) is 88.6. The molecule has 0 amide bonds. The van der Waals surface area contributed by atoms with Crippen LogP contribution in [-0.2, 0) is 40.4 Å². The maximum absolute atomic E-state index is 12.0. The first-order valence-corrected chi connectivity index (χ1v) is 43.4. The third-order valence-electron chi connectivity index (χ3n) is 20.3. The van der Waals surface area contributed by atoms with Crippen molar-refractivity contribution in [3.8, 4) is 27.8 Å². The van der Waals surface area contributed by atoms with Crippen molar-refractivity contribution in [2.24, 2.45) is 20.8 Å². The Morgan fingerprint density at radius 1 is 0.775 bits per heavy atom. The van der Waals surface area contributed by atoms with E-state index < -0.39 is 10.9 Å². The van der Waals surface area contributed by atoms with Crippen LogP contribution in [0.25, 0.3) is 49.0 Å². The number of carbonyl (C=O) groups is 2. The number of thiophene rings is 1. The highest BCUT2D eigenvalue weighted by Gasteiger charge is 2.28. The van der Waals surface area contributed by atoms with Crippen molar-refractivity contribution in [1.29, 1.82) is 0 Å². The normalized spacial score (nSPS) is 13.3. The zero-order valence-corrected chi connectivity index (χ0v) is 74.8. The molecule has 1 fully saturated rings. The van der Waals surface area contributed by atoms with Gasteiger partial charge in [-0.05, 0) is 189 Å². The molecule has 31 nitrogen and oxygen atoms in total. The SMILES string of the molecule is CN(C)C=Nc1nccc(-c2cccs2)n1.CNC1SC=C(c2ccc(OC)cc2)N1/N=C(\C)c1cccnc1.C[N+](=O)c1cccc(CC(=O)COC(=O)Cn2cnc3ccccc32)c1.Cc1cc(N2CCCCC2)nc2ccc(NC(=S)NCc3ccc4c(c3)OCO4)cc12.Cc1ccc(CNc2ncnc(N)c2[N+](=O)[O-])cc1.NC1=Nc2cccc3cccc1c23. The van der Waals surface area contributed by atoms with Crippen LogP contribution in [0.2, 0.25) is 0 Å². The van der Waals surface area contributed by atoms with E-state index >= 15 is 0 Å². The number of nitrogens with one attached hydrogen (secondary N) is 4. The number of benzene rings is 8. The lowest BCUT2D eigenvalue weighted by atomic mass is 10.0. The van der Waals surface area contributed by atoms with Gasteiger partial charge in [-0.2, -0.15) is 5.10 Å². The van der Waals surface area contributed by atoms with Crippen LogP contribution >= 0.6 is 35.3 Å². The molecule has 129 heavy (non-hydrogen) atoms. The fourth-order valence-electron chi connectivity index (χ4n) is 13.7. The summed E-state index contributed by atoms with van der Waals surface area (Å²) in [6.07, 6.45) is 13.7. The maximum atomic E-state index is 12.0. The first-order chi connectivity index (χ1) is 62.6. The van der Waals surface area contributed by atoms with E-state index in [1.54, 1.807) is 84.1 Å². The molecular formula is C95H97N22O9S3+. The number of amidine groups is 1. The number of Topliss-reactive ketones (excluding diaryl/α,β-unsaturated/α-hetero) is 1. The molecule has 1 saturated heterocycles. The molecule has 8 aromatic carbocycles. The molecule has 8 N–H and O–H groups in total. The topological polar surface area (TPSA) is 376 Å². The number of ketones is 1. The molecule has 0 aliphatic carbocycles. The fourth-order valence-corrected chi connectivity index (χ4v) is 15.5. The van der Waals surface area contributed by atoms with Gasteiger partial charge in [0.15, 0.2) is 34.9 Å². The molecule has 10 heterocycles. The zero-order chi connectivity index (χ0) is 90.7. The van der Waals surface area contributed by atoms with Crippen LogP contribution in [0.4, 0.5) is 46.2 Å². The first kappa shape index (κ1) is 91.7. The molecule has 0 spiro atoms. The highest BCUT2D eigenvalue weighted by Crippen LogP contribution is 2.39. The number of nitrogen functional groups attached to an aromatic ring is 1. The minimum atomic E-state index is -0.590. The number of ether oxygens (including phenoxy) is 4. The highest BCUT2D eigenvalue weighted by atomic mass is 32.2. The number of nitrogens with zero attached hydrogens (tertiary/aromatic N) is 16. The number of piperidine rings is 1. The number of esters is 1. The Morgan fingerprint density at radius 2 is 1.56 bits per heavy atom. The van der Waals surface area contributed by atoms with Gasteiger partial charge in [0.05, 0.1) is 68.9 Å². The molecule has 0 bridgehead atoms. The smallest absolute Gasteiger partial charge is 0.352 e. The van der Waals surface area contributed by atoms with E-state index in [2.05, 4.69) is 109 Å². The van der Waals surface area contributed by atoms with Crippen molar-refractivity contribution < 1.29 is 38.2 Å². The lowest BCUT2D eigenvalue weighted by Gasteiger charge is -2.28. The number of nitro groups is 1. The van der Waals surface area contributed by atoms with Crippen molar-refractivity contribution in [2.75, 3.05) is 83.1 Å². The van der Waals surface area contributed by atoms with Crippen LogP contribution < -0.4 is 51.8 Å². The van der Waals surface area contributed by atoms with Gasteiger partial charge in [-0.3, -0.25) is 30.0 Å². The molecule has 14 aromatic rings. The summed E-state index contributed by atoms with van der Waals surface area (Å²) in [7, 11) is 8.82. The summed E-state index contributed by atoms with van der Waals surface area (Å²) >= 11 is 8.85. The number of nitroso groups, excluding NO2 is 1. The van der Waals surface area contributed by atoms with Gasteiger partial charge in [0.1, 0.15) is 36.9 Å². The number of methoxy groups -OCH3 is 1. The molecule has 1 unspecified atom stereocenters. The number of thioether (sulfide) groups is 1. The molecule has 34 heteroatoms. The standard InChI is InChI=1S/C24H26N4O2S.C19H18N3O4.C18H20N4OS.C12H13N5O2.C11H12N4S.C11H8N2/c1-16-11-23(28-9-3-2-4-10-28)27-20-7-6-18(13-19(16)20)26-24(31)25-14-17-5-8-21-22(12-17)30-15-29-21;1-21(25)15-6-4-5-14(9-15)10-16(23)12-26-19(24)11-22-13-20-17-7-2-3-8-18(17)22;1-13(15-5-4-10-20-11-15)21-22-17(12-24-18(22)19-2)14-6-8-16(23-3)9-7-14;1-8-2-4-9(5-3-8)6-14-12-10(17(18)19)11(13)15-7-16-12;1-15(2)8-13-11-12-6-5-9(14-11)10-4-3-7-16-10;12-11-8-5-1-3-7-4-2-6-9(13-11)10(7)8/h5-8,11-13H,2-4,9-10,14-15H2,1H3,(H2,25,26,31);2-9,13H,10-12H2,1H3;4-12,18-19H,1-3H3;2-5,7H,6H2,1H3,(H3,13,14,15,16);3-8H,1-2H3;1-6H,(H2,12,13)/q;+1;;;;/b;;21-13+;;;. The van der Waals surface area contributed by atoms with E-state index in [1.807, 2.05) is 208 Å². The number of nitrogens with two attached hydrogens (primary N) is 2. The molecular weight excluding hydrogens is 1690 g/mol. The fraction of sp³-hybridized carbons (Fsp3) is 0.211. The van der Waals surface area contributed by atoms with Gasteiger partial charge in [-0.15, -0.1) is 11.3 Å². The van der Waals surface area contributed by atoms with Crippen LogP contribution in [0.5, 0.6) is 17.2 Å². The molecule has 18 rings (SSSR count). The number of carbonyl (C=O) groups excluding carboxylic acids is 2. The van der Waals surface area contributed by atoms with E-state index in [0.29, 0.717) is 41.2 Å². The summed E-state index contributed by atoms with van der Waals surface area (Å²) < 4.78 is 23.5. The maximum Gasteiger partial charge on any atom is 0.352 e. The third kappa shape index (κ3) is 25.2. The summed E-state index contributed by atoms with van der Waals surface area (Å²) in [5, 5.41) is 38.7. The minimum absolute atomic E-state index is 0.00967. The van der Waals surface area contributed by atoms with E-state index in [1.165, 1.54) is 49.0 Å². The first-order valence-electron chi connectivity index (χ1n) is 41.2. The molecule has 4 aliphatic rings. The Morgan fingerprint density at radius 3 is 2.31 bits per heavy atom. The van der Waals surface area contributed by atoms with Crippen molar-refractivity contribution in [3.05, 3.63) is 308 Å². The molecule has 658 valence electrons. The van der Waals surface area contributed by atoms with E-state index in [-0.39, 0.29) is 55.0 Å². The lowest BCUT2D eigenvalue weighted by molar-refractivity contribution is -0.428. The number of imidazole rings is 1. The van der Waals surface area contributed by atoms with Crippen molar-refractivity contribution in [3.63, 3.8) is 0 Å². The molecule has 1 atom stereocenters. The number of fused-ring (bicyclic) bond motifs is 3.